The van der Waals surface area contributed by atoms with Gasteiger partial charge >= 0.3 is 0 Å². The molecule has 0 bridgehead atoms. The maximum atomic E-state index is 12.2. The van der Waals surface area contributed by atoms with Crippen molar-refractivity contribution in [3.8, 4) is 0 Å². The van der Waals surface area contributed by atoms with Crippen LogP contribution < -0.4 is 5.73 Å². The molecule has 0 aromatic carbocycles. The van der Waals surface area contributed by atoms with Crippen molar-refractivity contribution in [2.45, 2.75) is 46.6 Å². The lowest BCUT2D eigenvalue weighted by Crippen LogP contribution is -2.21. The molecule has 0 amide bonds. The monoisotopic (exact) mass is 251 g/mol. The molecule has 0 aliphatic heterocycles. The van der Waals surface area contributed by atoms with Crippen molar-refractivity contribution < 1.29 is 4.79 Å². The first-order chi connectivity index (χ1) is 8.58. The van der Waals surface area contributed by atoms with Gasteiger partial charge in [0.25, 0.3) is 0 Å². The van der Waals surface area contributed by atoms with Gasteiger partial charge in [-0.2, -0.15) is 0 Å². The van der Waals surface area contributed by atoms with Crippen LogP contribution in [0.3, 0.4) is 0 Å². The van der Waals surface area contributed by atoms with Gasteiger partial charge in [-0.15, -0.1) is 0 Å². The van der Waals surface area contributed by atoms with E-state index < -0.39 is 0 Å². The lowest BCUT2D eigenvalue weighted by molar-refractivity contribution is 0.0943. The van der Waals surface area contributed by atoms with Crippen LogP contribution in [0.1, 0.15) is 50.7 Å². The fourth-order valence-corrected chi connectivity index (χ4v) is 2.27. The zero-order valence-electron chi connectivity index (χ0n) is 11.7. The molecule has 18 heavy (non-hydrogen) atoms. The molecule has 1 aromatic rings. The van der Waals surface area contributed by atoms with Crippen molar-refractivity contribution in [1.29, 1.82) is 0 Å². The quantitative estimate of drug-likeness (QED) is 0.722. The van der Waals surface area contributed by atoms with Crippen molar-refractivity contribution in [2.75, 3.05) is 6.54 Å². The molecule has 0 aliphatic rings. The fourth-order valence-electron chi connectivity index (χ4n) is 2.27. The number of Topliss-reactive ketones (excluding diaryl/α,β-unsaturated/α-hetero) is 1. The highest BCUT2D eigenvalue weighted by Crippen LogP contribution is 2.17. The first-order valence-corrected chi connectivity index (χ1v) is 6.82. The van der Waals surface area contributed by atoms with Crippen LogP contribution in [0.2, 0.25) is 0 Å². The Bertz CT molecular complexity index is 371. The van der Waals surface area contributed by atoms with E-state index in [4.69, 9.17) is 5.73 Å². The minimum Gasteiger partial charge on any atom is -0.330 e. The number of hydrogen-bond acceptors (Lipinski definition) is 3. The highest BCUT2D eigenvalue weighted by molar-refractivity contribution is 5.92. The number of aromatic nitrogens is 2. The minimum atomic E-state index is 0.115. The van der Waals surface area contributed by atoms with E-state index in [0.29, 0.717) is 24.7 Å². The maximum Gasteiger partial charge on any atom is 0.198 e. The Morgan fingerprint density at radius 3 is 2.78 bits per heavy atom. The number of rotatable bonds is 8. The van der Waals surface area contributed by atoms with Crippen molar-refractivity contribution in [2.24, 2.45) is 17.6 Å². The van der Waals surface area contributed by atoms with E-state index in [1.807, 2.05) is 10.8 Å². The van der Waals surface area contributed by atoms with Crippen molar-refractivity contribution in [1.82, 2.24) is 9.55 Å². The Morgan fingerprint density at radius 1 is 1.50 bits per heavy atom. The van der Waals surface area contributed by atoms with E-state index in [-0.39, 0.29) is 11.7 Å². The van der Waals surface area contributed by atoms with Crippen molar-refractivity contribution in [3.05, 3.63) is 18.2 Å². The Kier molecular flexibility index (Phi) is 6.05. The normalized spacial score (nSPS) is 12.9. The molecule has 1 heterocycles. The number of carbonyl (C=O) groups excluding carboxylic acids is 1. The number of carbonyl (C=O) groups is 1. The number of nitrogens with zero attached hydrogens (tertiary/aromatic N) is 2. The molecule has 1 atom stereocenters. The Morgan fingerprint density at radius 2 is 2.22 bits per heavy atom. The number of aryl methyl sites for hydroxylation is 1. The molecule has 1 aromatic heterocycles. The molecule has 4 nitrogen and oxygen atoms in total. The van der Waals surface area contributed by atoms with Crippen LogP contribution in [0.25, 0.3) is 0 Å². The average Bonchev–Trinajstić information content (AvgIpc) is 2.76. The van der Waals surface area contributed by atoms with E-state index in [1.165, 1.54) is 0 Å². The summed E-state index contributed by atoms with van der Waals surface area (Å²) in [6.45, 7) is 7.82. The summed E-state index contributed by atoms with van der Waals surface area (Å²) in [5, 5.41) is 0. The highest BCUT2D eigenvalue weighted by Gasteiger charge is 2.18. The molecule has 1 unspecified atom stereocenters. The molecule has 0 spiro atoms. The fraction of sp³-hybridized carbons (Fsp3) is 0.714. The Balaban J connectivity index is 2.65. The van der Waals surface area contributed by atoms with Gasteiger partial charge in [0.2, 0.25) is 0 Å². The number of imidazole rings is 1. The van der Waals surface area contributed by atoms with Gasteiger partial charge in [0.15, 0.2) is 11.6 Å². The topological polar surface area (TPSA) is 60.9 Å². The van der Waals surface area contributed by atoms with E-state index in [0.717, 1.165) is 19.4 Å². The SMILES string of the molecule is CCCn1ccnc1C(=O)CC(CN)CC(C)C. The molecular formula is C14H25N3O. The number of ketones is 1. The number of hydrogen-bond donors (Lipinski definition) is 1. The Hall–Kier alpha value is -1.16. The van der Waals surface area contributed by atoms with Crippen LogP contribution in [-0.4, -0.2) is 21.9 Å². The molecule has 4 heteroatoms. The van der Waals surface area contributed by atoms with Crippen LogP contribution >= 0.6 is 0 Å². The average molecular weight is 251 g/mol. The molecule has 0 saturated carbocycles. The third kappa shape index (κ3) is 4.26. The van der Waals surface area contributed by atoms with Crippen molar-refractivity contribution in [3.63, 3.8) is 0 Å². The van der Waals surface area contributed by atoms with E-state index in [1.54, 1.807) is 6.20 Å². The third-order valence-electron chi connectivity index (χ3n) is 3.04. The van der Waals surface area contributed by atoms with Crippen LogP contribution in [0.4, 0.5) is 0 Å². The summed E-state index contributed by atoms with van der Waals surface area (Å²) in [4.78, 5) is 16.4. The van der Waals surface area contributed by atoms with Gasteiger partial charge in [0.1, 0.15) is 0 Å². The third-order valence-corrected chi connectivity index (χ3v) is 3.04. The molecule has 102 valence electrons. The zero-order chi connectivity index (χ0) is 13.5. The second-order valence-electron chi connectivity index (χ2n) is 5.30. The molecule has 1 rings (SSSR count). The van der Waals surface area contributed by atoms with Gasteiger partial charge in [0.05, 0.1) is 0 Å². The summed E-state index contributed by atoms with van der Waals surface area (Å²) in [5.41, 5.74) is 5.74. The van der Waals surface area contributed by atoms with E-state index in [2.05, 4.69) is 25.8 Å². The number of nitrogens with two attached hydrogens (primary N) is 1. The maximum absolute atomic E-state index is 12.2. The molecule has 0 aliphatic carbocycles. The van der Waals surface area contributed by atoms with E-state index in [9.17, 15) is 4.79 Å². The van der Waals surface area contributed by atoms with Gasteiger partial charge in [0, 0.05) is 25.4 Å². The Labute approximate surface area is 110 Å². The lowest BCUT2D eigenvalue weighted by Gasteiger charge is -2.16. The lowest BCUT2D eigenvalue weighted by atomic mass is 9.92. The van der Waals surface area contributed by atoms with Crippen LogP contribution in [0, 0.1) is 11.8 Å². The molecule has 0 saturated heterocycles. The summed E-state index contributed by atoms with van der Waals surface area (Å²) >= 11 is 0. The van der Waals surface area contributed by atoms with Gasteiger partial charge in [-0.3, -0.25) is 4.79 Å². The molecule has 0 fully saturated rings. The van der Waals surface area contributed by atoms with Gasteiger partial charge < -0.3 is 10.3 Å². The first kappa shape index (κ1) is 14.9. The summed E-state index contributed by atoms with van der Waals surface area (Å²) in [5.74, 6) is 1.54. The standard InChI is InChI=1S/C14H25N3O/c1-4-6-17-7-5-16-14(17)13(18)9-12(10-15)8-11(2)3/h5,7,11-12H,4,6,8-10,15H2,1-3H3. The molecule has 2 N–H and O–H groups in total. The van der Waals surface area contributed by atoms with Gasteiger partial charge in [-0.25, -0.2) is 4.98 Å². The summed E-state index contributed by atoms with van der Waals surface area (Å²) in [6, 6.07) is 0. The largest absolute Gasteiger partial charge is 0.330 e. The summed E-state index contributed by atoms with van der Waals surface area (Å²) < 4.78 is 1.94. The molecule has 0 radical (unpaired) electrons. The zero-order valence-corrected chi connectivity index (χ0v) is 11.7. The smallest absolute Gasteiger partial charge is 0.198 e. The van der Waals surface area contributed by atoms with Crippen LogP contribution in [-0.2, 0) is 6.54 Å². The van der Waals surface area contributed by atoms with E-state index >= 15 is 0 Å². The highest BCUT2D eigenvalue weighted by atomic mass is 16.1. The second kappa shape index (κ2) is 7.31. The van der Waals surface area contributed by atoms with Gasteiger partial charge in [-0.05, 0) is 31.2 Å². The predicted octanol–water partition coefficient (Wildman–Crippen LogP) is 2.49. The predicted molar refractivity (Wildman–Crippen MR) is 73.5 cm³/mol. The molecular weight excluding hydrogens is 226 g/mol. The summed E-state index contributed by atoms with van der Waals surface area (Å²) in [7, 11) is 0. The van der Waals surface area contributed by atoms with Gasteiger partial charge in [-0.1, -0.05) is 20.8 Å². The van der Waals surface area contributed by atoms with Crippen molar-refractivity contribution >= 4 is 5.78 Å². The minimum absolute atomic E-state index is 0.115. The van der Waals surface area contributed by atoms with Crippen LogP contribution in [0.15, 0.2) is 12.4 Å². The second-order valence-corrected chi connectivity index (χ2v) is 5.30. The summed E-state index contributed by atoms with van der Waals surface area (Å²) in [6.07, 6.45) is 6.08. The van der Waals surface area contributed by atoms with Crippen LogP contribution in [0.5, 0.6) is 0 Å². The first-order valence-electron chi connectivity index (χ1n) is 6.82.